The fourth-order valence-electron chi connectivity index (χ4n) is 5.09. The van der Waals surface area contributed by atoms with Crippen LogP contribution in [0.4, 0.5) is 5.69 Å². The van der Waals surface area contributed by atoms with E-state index in [1.165, 1.54) is 19.1 Å². The molecule has 0 saturated carbocycles. The van der Waals surface area contributed by atoms with Crippen molar-refractivity contribution in [2.75, 3.05) is 18.4 Å². The number of sulfonamides is 1. The minimum absolute atomic E-state index is 0.0377. The summed E-state index contributed by atoms with van der Waals surface area (Å²) < 4.78 is 30.3. The SMILES string of the molecule is CC(=O)Nc1ccc(S(=O)(=O)N2C[C@H]3C[C@H](C2)c2c(-c4ccccc4)ccc(=O)n2C3)cc1. The maximum Gasteiger partial charge on any atom is 0.250 e. The van der Waals surface area contributed by atoms with Crippen molar-refractivity contribution in [1.29, 1.82) is 0 Å². The summed E-state index contributed by atoms with van der Waals surface area (Å²) in [4.78, 5) is 24.1. The Balaban J connectivity index is 1.49. The van der Waals surface area contributed by atoms with Gasteiger partial charge in [0.05, 0.1) is 4.90 Å². The summed E-state index contributed by atoms with van der Waals surface area (Å²) in [7, 11) is -3.71. The Bertz CT molecular complexity index is 1370. The molecule has 170 valence electrons. The fraction of sp³-hybridized carbons (Fsp3) is 0.280. The van der Waals surface area contributed by atoms with E-state index in [9.17, 15) is 18.0 Å². The number of amides is 1. The molecule has 0 spiro atoms. The number of carbonyl (C=O) groups excluding carboxylic acids is 1. The molecule has 1 saturated heterocycles. The monoisotopic (exact) mass is 463 g/mol. The lowest BCUT2D eigenvalue weighted by atomic mass is 9.81. The minimum Gasteiger partial charge on any atom is -0.326 e. The van der Waals surface area contributed by atoms with Crippen LogP contribution in [0.5, 0.6) is 0 Å². The summed E-state index contributed by atoms with van der Waals surface area (Å²) in [5.41, 5.74) is 3.44. The van der Waals surface area contributed by atoms with Crippen molar-refractivity contribution in [2.24, 2.45) is 5.92 Å². The molecule has 0 unspecified atom stereocenters. The van der Waals surface area contributed by atoms with Gasteiger partial charge < -0.3 is 9.88 Å². The summed E-state index contributed by atoms with van der Waals surface area (Å²) in [5, 5.41) is 2.65. The zero-order valence-corrected chi connectivity index (χ0v) is 19.1. The second-order valence-electron chi connectivity index (χ2n) is 8.77. The number of piperidine rings is 1. The fourth-order valence-corrected chi connectivity index (χ4v) is 6.65. The highest BCUT2D eigenvalue weighted by Gasteiger charge is 2.40. The topological polar surface area (TPSA) is 88.5 Å². The number of carbonyl (C=O) groups is 1. The maximum absolute atomic E-state index is 13.5. The average Bonchev–Trinajstić information content (AvgIpc) is 2.80. The largest absolute Gasteiger partial charge is 0.326 e. The van der Waals surface area contributed by atoms with Crippen LogP contribution < -0.4 is 10.9 Å². The summed E-state index contributed by atoms with van der Waals surface area (Å²) in [6.07, 6.45) is 0.858. The Morgan fingerprint density at radius 1 is 0.939 bits per heavy atom. The predicted octanol–water partition coefficient (Wildman–Crippen LogP) is 3.28. The molecule has 1 amide bonds. The Morgan fingerprint density at radius 2 is 1.67 bits per heavy atom. The lowest BCUT2D eigenvalue weighted by Crippen LogP contribution is -2.49. The van der Waals surface area contributed by atoms with Crippen molar-refractivity contribution in [3.8, 4) is 11.1 Å². The number of aromatic nitrogens is 1. The molecular formula is C25H25N3O4S. The Morgan fingerprint density at radius 3 is 2.36 bits per heavy atom. The molecule has 1 fully saturated rings. The van der Waals surface area contributed by atoms with Gasteiger partial charge in [-0.25, -0.2) is 8.42 Å². The summed E-state index contributed by atoms with van der Waals surface area (Å²) >= 11 is 0. The number of benzene rings is 2. The van der Waals surface area contributed by atoms with Crippen LogP contribution in [0, 0.1) is 5.92 Å². The van der Waals surface area contributed by atoms with E-state index in [4.69, 9.17) is 0 Å². The third-order valence-electron chi connectivity index (χ3n) is 6.45. The summed E-state index contributed by atoms with van der Waals surface area (Å²) in [5.74, 6) is -0.193. The van der Waals surface area contributed by atoms with Crippen molar-refractivity contribution in [1.82, 2.24) is 8.87 Å². The van der Waals surface area contributed by atoms with E-state index in [-0.39, 0.29) is 28.2 Å². The van der Waals surface area contributed by atoms with Crippen LogP contribution in [0.15, 0.2) is 76.4 Å². The normalized spacial score (nSPS) is 20.2. The molecule has 2 aliphatic rings. The highest BCUT2D eigenvalue weighted by atomic mass is 32.2. The number of fused-ring (bicyclic) bond motifs is 4. The minimum atomic E-state index is -3.71. The highest BCUT2D eigenvalue weighted by molar-refractivity contribution is 7.89. The molecule has 5 rings (SSSR count). The van der Waals surface area contributed by atoms with Crippen molar-refractivity contribution < 1.29 is 13.2 Å². The van der Waals surface area contributed by atoms with Crippen LogP contribution in [-0.2, 0) is 21.4 Å². The molecule has 7 nitrogen and oxygen atoms in total. The van der Waals surface area contributed by atoms with Crippen molar-refractivity contribution in [2.45, 2.75) is 30.7 Å². The van der Waals surface area contributed by atoms with Gasteiger partial charge in [-0.05, 0) is 48.2 Å². The first-order chi connectivity index (χ1) is 15.8. The van der Waals surface area contributed by atoms with Gasteiger partial charge >= 0.3 is 0 Å². The quantitative estimate of drug-likeness (QED) is 0.643. The van der Waals surface area contributed by atoms with Crippen LogP contribution in [0.2, 0.25) is 0 Å². The third kappa shape index (κ3) is 4.00. The lowest BCUT2D eigenvalue weighted by Gasteiger charge is -2.42. The molecule has 2 aliphatic heterocycles. The number of hydrogen-bond acceptors (Lipinski definition) is 4. The van der Waals surface area contributed by atoms with Gasteiger partial charge in [0.2, 0.25) is 15.9 Å². The zero-order chi connectivity index (χ0) is 23.2. The van der Waals surface area contributed by atoms with Crippen LogP contribution in [-0.4, -0.2) is 36.3 Å². The van der Waals surface area contributed by atoms with Gasteiger partial charge in [0.25, 0.3) is 5.56 Å². The standard InChI is InChI=1S/C25H25N3O4S/c1-17(29)26-21-7-9-22(10-8-21)33(31,32)27-14-18-13-20(16-27)25-23(19-5-3-2-4-6-19)11-12-24(30)28(25)15-18/h2-12,18,20H,13-16H2,1H3,(H,26,29)/t18-,20-/m1/s1. The summed E-state index contributed by atoms with van der Waals surface area (Å²) in [6.45, 7) is 2.63. The number of nitrogens with one attached hydrogen (secondary N) is 1. The number of hydrogen-bond donors (Lipinski definition) is 1. The molecule has 8 heteroatoms. The third-order valence-corrected chi connectivity index (χ3v) is 8.30. The molecule has 0 aliphatic carbocycles. The molecular weight excluding hydrogens is 438 g/mol. The average molecular weight is 464 g/mol. The van der Waals surface area contributed by atoms with E-state index in [1.807, 2.05) is 41.0 Å². The molecule has 2 bridgehead atoms. The Hall–Kier alpha value is -3.23. The lowest BCUT2D eigenvalue weighted by molar-refractivity contribution is -0.114. The van der Waals surface area contributed by atoms with Gasteiger partial charge in [0.1, 0.15) is 0 Å². The van der Waals surface area contributed by atoms with Crippen molar-refractivity contribution in [3.05, 3.63) is 82.8 Å². The Labute approximate surface area is 192 Å². The number of nitrogens with zero attached hydrogens (tertiary/aromatic N) is 2. The molecule has 1 N–H and O–H groups in total. The van der Waals surface area contributed by atoms with Crippen LogP contribution >= 0.6 is 0 Å². The van der Waals surface area contributed by atoms with Crippen molar-refractivity contribution in [3.63, 3.8) is 0 Å². The number of rotatable bonds is 4. The van der Waals surface area contributed by atoms with Crippen LogP contribution in [0.3, 0.4) is 0 Å². The second kappa shape index (κ2) is 8.28. The van der Waals surface area contributed by atoms with E-state index >= 15 is 0 Å². The van der Waals surface area contributed by atoms with E-state index in [2.05, 4.69) is 5.32 Å². The molecule has 3 aromatic rings. The van der Waals surface area contributed by atoms with Gasteiger partial charge in [-0.3, -0.25) is 9.59 Å². The maximum atomic E-state index is 13.5. The summed E-state index contributed by atoms with van der Waals surface area (Å²) in [6, 6.07) is 19.6. The van der Waals surface area contributed by atoms with E-state index in [1.54, 1.807) is 22.5 Å². The number of anilines is 1. The van der Waals surface area contributed by atoms with Gasteiger partial charge in [-0.1, -0.05) is 30.3 Å². The molecule has 3 heterocycles. The van der Waals surface area contributed by atoms with Gasteiger partial charge in [-0.15, -0.1) is 0 Å². The second-order valence-corrected chi connectivity index (χ2v) is 10.7. The first kappa shape index (κ1) is 21.6. The van der Waals surface area contributed by atoms with Crippen LogP contribution in [0.25, 0.3) is 11.1 Å². The molecule has 2 aromatic carbocycles. The Kier molecular flexibility index (Phi) is 5.42. The van der Waals surface area contributed by atoms with E-state index in [0.29, 0.717) is 25.3 Å². The first-order valence-corrected chi connectivity index (χ1v) is 12.4. The van der Waals surface area contributed by atoms with E-state index < -0.39 is 10.0 Å². The van der Waals surface area contributed by atoms with Gasteiger partial charge in [0, 0.05) is 55.5 Å². The molecule has 33 heavy (non-hydrogen) atoms. The van der Waals surface area contributed by atoms with Gasteiger partial charge in [-0.2, -0.15) is 4.31 Å². The molecule has 1 aromatic heterocycles. The first-order valence-electron chi connectivity index (χ1n) is 11.0. The predicted molar refractivity (Wildman–Crippen MR) is 126 cm³/mol. The van der Waals surface area contributed by atoms with E-state index in [0.717, 1.165) is 23.2 Å². The molecule has 2 atom stereocenters. The van der Waals surface area contributed by atoms with Crippen molar-refractivity contribution >= 4 is 21.6 Å². The highest BCUT2D eigenvalue weighted by Crippen LogP contribution is 2.41. The molecule has 0 radical (unpaired) electrons. The smallest absolute Gasteiger partial charge is 0.250 e. The zero-order valence-electron chi connectivity index (χ0n) is 18.3. The van der Waals surface area contributed by atoms with Crippen LogP contribution in [0.1, 0.15) is 25.0 Å². The van der Waals surface area contributed by atoms with Gasteiger partial charge in [0.15, 0.2) is 0 Å². The number of pyridine rings is 1.